The zero-order chi connectivity index (χ0) is 13.0. The number of esters is 1. The SMILES string of the molecule is CCOC(=O)c1cncn1[C@H](C)c1ccccn1. The summed E-state index contributed by atoms with van der Waals surface area (Å²) in [5.74, 6) is -0.363. The first-order chi connectivity index (χ1) is 8.74. The van der Waals surface area contributed by atoms with Crippen molar-refractivity contribution in [2.24, 2.45) is 0 Å². The van der Waals surface area contributed by atoms with Gasteiger partial charge < -0.3 is 9.30 Å². The van der Waals surface area contributed by atoms with E-state index in [-0.39, 0.29) is 12.0 Å². The summed E-state index contributed by atoms with van der Waals surface area (Å²) < 4.78 is 6.76. The minimum absolute atomic E-state index is 0.0619. The number of rotatable bonds is 4. The predicted octanol–water partition coefficient (Wildman–Crippen LogP) is 2.06. The van der Waals surface area contributed by atoms with Gasteiger partial charge in [-0.1, -0.05) is 6.07 Å². The molecule has 0 unspecified atom stereocenters. The van der Waals surface area contributed by atoms with Crippen LogP contribution in [0.3, 0.4) is 0 Å². The minimum atomic E-state index is -0.363. The van der Waals surface area contributed by atoms with Crippen molar-refractivity contribution in [3.63, 3.8) is 0 Å². The maximum absolute atomic E-state index is 11.8. The highest BCUT2D eigenvalue weighted by Crippen LogP contribution is 2.17. The lowest BCUT2D eigenvalue weighted by Gasteiger charge is -2.15. The van der Waals surface area contributed by atoms with Gasteiger partial charge in [-0.25, -0.2) is 9.78 Å². The summed E-state index contributed by atoms with van der Waals surface area (Å²) in [6.45, 7) is 4.09. The Labute approximate surface area is 105 Å². The Kier molecular flexibility index (Phi) is 3.72. The Hall–Kier alpha value is -2.17. The molecule has 0 aliphatic rings. The van der Waals surface area contributed by atoms with Crippen LogP contribution in [0.15, 0.2) is 36.9 Å². The summed E-state index contributed by atoms with van der Waals surface area (Å²) in [5, 5.41) is 0. The third-order valence-electron chi connectivity index (χ3n) is 2.68. The van der Waals surface area contributed by atoms with Gasteiger partial charge in [0.15, 0.2) is 0 Å². The van der Waals surface area contributed by atoms with Crippen LogP contribution in [-0.4, -0.2) is 27.1 Å². The van der Waals surface area contributed by atoms with Gasteiger partial charge in [-0.3, -0.25) is 4.98 Å². The van der Waals surface area contributed by atoms with Crippen molar-refractivity contribution in [2.45, 2.75) is 19.9 Å². The van der Waals surface area contributed by atoms with Crippen LogP contribution in [0, 0.1) is 0 Å². The van der Waals surface area contributed by atoms with Crippen molar-refractivity contribution in [2.75, 3.05) is 6.61 Å². The molecule has 18 heavy (non-hydrogen) atoms. The highest BCUT2D eigenvalue weighted by atomic mass is 16.5. The lowest BCUT2D eigenvalue weighted by atomic mass is 10.2. The van der Waals surface area contributed by atoms with Gasteiger partial charge in [-0.15, -0.1) is 0 Å². The highest BCUT2D eigenvalue weighted by Gasteiger charge is 2.18. The molecule has 0 amide bonds. The monoisotopic (exact) mass is 245 g/mol. The van der Waals surface area contributed by atoms with Crippen molar-refractivity contribution >= 4 is 5.97 Å². The third-order valence-corrected chi connectivity index (χ3v) is 2.68. The summed E-state index contributed by atoms with van der Waals surface area (Å²) >= 11 is 0. The first kappa shape index (κ1) is 12.3. The molecule has 94 valence electrons. The topological polar surface area (TPSA) is 57.0 Å². The lowest BCUT2D eigenvalue weighted by Crippen LogP contribution is -2.16. The fourth-order valence-electron chi connectivity index (χ4n) is 1.74. The Morgan fingerprint density at radius 3 is 3.00 bits per heavy atom. The molecule has 0 fully saturated rings. The molecule has 0 aromatic carbocycles. The molecule has 2 aromatic heterocycles. The van der Waals surface area contributed by atoms with Crippen LogP contribution in [0.4, 0.5) is 0 Å². The third kappa shape index (κ3) is 2.40. The molecule has 0 bridgehead atoms. The zero-order valence-electron chi connectivity index (χ0n) is 10.4. The van der Waals surface area contributed by atoms with Crippen molar-refractivity contribution in [1.29, 1.82) is 0 Å². The van der Waals surface area contributed by atoms with E-state index in [1.54, 1.807) is 24.0 Å². The largest absolute Gasteiger partial charge is 0.461 e. The fraction of sp³-hybridized carbons (Fsp3) is 0.308. The van der Waals surface area contributed by atoms with Crippen LogP contribution in [0.2, 0.25) is 0 Å². The van der Waals surface area contributed by atoms with Gasteiger partial charge >= 0.3 is 5.97 Å². The number of carbonyl (C=O) groups excluding carboxylic acids is 1. The van der Waals surface area contributed by atoms with Crippen molar-refractivity contribution in [3.8, 4) is 0 Å². The molecule has 5 nitrogen and oxygen atoms in total. The second-order valence-corrected chi connectivity index (χ2v) is 3.84. The van der Waals surface area contributed by atoms with Crippen molar-refractivity contribution in [3.05, 3.63) is 48.3 Å². The molecular formula is C13H15N3O2. The van der Waals surface area contributed by atoms with Gasteiger partial charge in [0.25, 0.3) is 0 Å². The number of carbonyl (C=O) groups is 1. The zero-order valence-corrected chi connectivity index (χ0v) is 10.4. The van der Waals surface area contributed by atoms with E-state index in [1.165, 1.54) is 6.20 Å². The number of pyridine rings is 1. The standard InChI is InChI=1S/C13H15N3O2/c1-3-18-13(17)12-8-14-9-16(12)10(2)11-6-4-5-7-15-11/h4-10H,3H2,1-2H3/t10-/m1/s1. The normalized spacial score (nSPS) is 12.1. The van der Waals surface area contributed by atoms with Gasteiger partial charge in [-0.2, -0.15) is 0 Å². The molecule has 1 atom stereocenters. The molecule has 0 radical (unpaired) electrons. The second kappa shape index (κ2) is 5.44. The Morgan fingerprint density at radius 2 is 2.33 bits per heavy atom. The van der Waals surface area contributed by atoms with E-state index >= 15 is 0 Å². The van der Waals surface area contributed by atoms with Gasteiger partial charge in [0.2, 0.25) is 0 Å². The molecule has 2 rings (SSSR count). The van der Waals surface area contributed by atoms with E-state index in [9.17, 15) is 4.79 Å². The summed E-state index contributed by atoms with van der Waals surface area (Å²) in [4.78, 5) is 20.0. The van der Waals surface area contributed by atoms with Crippen LogP contribution in [0.5, 0.6) is 0 Å². The molecule has 0 aliphatic heterocycles. The smallest absolute Gasteiger partial charge is 0.356 e. The van der Waals surface area contributed by atoms with Gasteiger partial charge in [0.1, 0.15) is 5.69 Å². The van der Waals surface area contributed by atoms with Crippen molar-refractivity contribution in [1.82, 2.24) is 14.5 Å². The maximum atomic E-state index is 11.8. The van der Waals surface area contributed by atoms with Crippen LogP contribution < -0.4 is 0 Å². The fourth-order valence-corrected chi connectivity index (χ4v) is 1.74. The summed E-state index contributed by atoms with van der Waals surface area (Å²) in [6.07, 6.45) is 4.86. The molecule has 2 heterocycles. The molecule has 0 saturated heterocycles. The quantitative estimate of drug-likeness (QED) is 0.774. The first-order valence-electron chi connectivity index (χ1n) is 5.84. The van der Waals surface area contributed by atoms with E-state index in [1.807, 2.05) is 25.1 Å². The van der Waals surface area contributed by atoms with Crippen LogP contribution in [0.25, 0.3) is 0 Å². The Morgan fingerprint density at radius 1 is 1.50 bits per heavy atom. The lowest BCUT2D eigenvalue weighted by molar-refractivity contribution is 0.0512. The van der Waals surface area contributed by atoms with Gasteiger partial charge in [0, 0.05) is 6.20 Å². The number of nitrogens with zero attached hydrogens (tertiary/aromatic N) is 3. The molecule has 0 aliphatic carbocycles. The average molecular weight is 245 g/mol. The molecule has 5 heteroatoms. The predicted molar refractivity (Wildman–Crippen MR) is 66.2 cm³/mol. The number of imidazole rings is 1. The summed E-state index contributed by atoms with van der Waals surface area (Å²) in [6, 6.07) is 5.63. The number of ether oxygens (including phenoxy) is 1. The Bertz CT molecular complexity index is 522. The number of hydrogen-bond donors (Lipinski definition) is 0. The van der Waals surface area contributed by atoms with Crippen LogP contribution in [-0.2, 0) is 4.74 Å². The van der Waals surface area contributed by atoms with Crippen LogP contribution in [0.1, 0.15) is 36.1 Å². The minimum Gasteiger partial charge on any atom is -0.461 e. The first-order valence-corrected chi connectivity index (χ1v) is 5.84. The van der Waals surface area contributed by atoms with Crippen molar-refractivity contribution < 1.29 is 9.53 Å². The van der Waals surface area contributed by atoms with Crippen LogP contribution >= 0.6 is 0 Å². The van der Waals surface area contributed by atoms with E-state index in [4.69, 9.17) is 4.74 Å². The van der Waals surface area contributed by atoms with E-state index in [0.717, 1.165) is 5.69 Å². The van der Waals surface area contributed by atoms with Gasteiger partial charge in [0.05, 0.1) is 30.9 Å². The number of aromatic nitrogens is 3. The van der Waals surface area contributed by atoms with E-state index in [2.05, 4.69) is 9.97 Å². The van der Waals surface area contributed by atoms with E-state index < -0.39 is 0 Å². The molecule has 0 saturated carbocycles. The molecule has 0 N–H and O–H groups in total. The molecule has 0 spiro atoms. The summed E-state index contributed by atoms with van der Waals surface area (Å²) in [5.41, 5.74) is 1.32. The van der Waals surface area contributed by atoms with E-state index in [0.29, 0.717) is 12.3 Å². The maximum Gasteiger partial charge on any atom is 0.356 e. The highest BCUT2D eigenvalue weighted by molar-refractivity contribution is 5.87. The molecular weight excluding hydrogens is 230 g/mol. The van der Waals surface area contributed by atoms with Gasteiger partial charge in [-0.05, 0) is 26.0 Å². The Balaban J connectivity index is 2.29. The summed E-state index contributed by atoms with van der Waals surface area (Å²) in [7, 11) is 0. The second-order valence-electron chi connectivity index (χ2n) is 3.84. The molecule has 2 aromatic rings. The average Bonchev–Trinajstić information content (AvgIpc) is 2.88. The number of hydrogen-bond acceptors (Lipinski definition) is 4.